The molecule has 4 rings (SSSR count). The summed E-state index contributed by atoms with van der Waals surface area (Å²) in [5, 5.41) is 4.93. The number of pyridine rings is 1. The Balaban J connectivity index is 1.73. The van der Waals surface area contributed by atoms with Gasteiger partial charge in [-0.3, -0.25) is 4.79 Å². The van der Waals surface area contributed by atoms with Crippen molar-refractivity contribution in [2.24, 2.45) is 5.10 Å². The Bertz CT molecular complexity index is 1120. The molecule has 0 fully saturated rings. The number of para-hydroxylation sites is 1. The molecule has 0 aliphatic heterocycles. The lowest BCUT2D eigenvalue weighted by Gasteiger charge is -2.09. The Morgan fingerprint density at radius 3 is 2.56 bits per heavy atom. The summed E-state index contributed by atoms with van der Waals surface area (Å²) in [4.78, 5) is 17.5. The van der Waals surface area contributed by atoms with E-state index in [-0.39, 0.29) is 5.91 Å². The van der Waals surface area contributed by atoms with Crippen molar-refractivity contribution in [2.45, 2.75) is 6.92 Å². The van der Waals surface area contributed by atoms with Crippen molar-refractivity contribution in [2.75, 3.05) is 0 Å². The molecular formula is C22H17N3O2. The van der Waals surface area contributed by atoms with Gasteiger partial charge in [0.05, 0.1) is 23.0 Å². The first-order valence-corrected chi connectivity index (χ1v) is 8.56. The molecule has 2 heterocycles. The summed E-state index contributed by atoms with van der Waals surface area (Å²) in [5.41, 5.74) is 6.19. The van der Waals surface area contributed by atoms with Crippen LogP contribution in [-0.4, -0.2) is 16.6 Å². The highest BCUT2D eigenvalue weighted by atomic mass is 16.3. The molecule has 5 heteroatoms. The monoisotopic (exact) mass is 355 g/mol. The molecule has 0 spiro atoms. The summed E-state index contributed by atoms with van der Waals surface area (Å²) < 4.78 is 5.29. The lowest BCUT2D eigenvalue weighted by atomic mass is 10.0. The van der Waals surface area contributed by atoms with E-state index in [2.05, 4.69) is 10.5 Å². The zero-order valence-corrected chi connectivity index (χ0v) is 14.7. The predicted molar refractivity (Wildman–Crippen MR) is 106 cm³/mol. The summed E-state index contributed by atoms with van der Waals surface area (Å²) in [6.45, 7) is 1.78. The van der Waals surface area contributed by atoms with Crippen molar-refractivity contribution < 1.29 is 9.21 Å². The van der Waals surface area contributed by atoms with E-state index in [1.165, 1.54) is 0 Å². The predicted octanol–water partition coefficient (Wildman–Crippen LogP) is 4.65. The second-order valence-electron chi connectivity index (χ2n) is 6.05. The molecule has 0 bridgehead atoms. The van der Waals surface area contributed by atoms with Crippen LogP contribution in [0.1, 0.15) is 23.0 Å². The van der Waals surface area contributed by atoms with Crippen LogP contribution in [0.2, 0.25) is 0 Å². The van der Waals surface area contributed by atoms with Gasteiger partial charge in [-0.15, -0.1) is 0 Å². The largest absolute Gasteiger partial charge is 0.463 e. The molecule has 27 heavy (non-hydrogen) atoms. The zero-order valence-electron chi connectivity index (χ0n) is 14.7. The molecule has 0 saturated heterocycles. The van der Waals surface area contributed by atoms with E-state index in [0.29, 0.717) is 17.0 Å². The third-order valence-corrected chi connectivity index (χ3v) is 4.23. The van der Waals surface area contributed by atoms with Gasteiger partial charge < -0.3 is 4.42 Å². The molecule has 4 aromatic rings. The van der Waals surface area contributed by atoms with Gasteiger partial charge in [0.1, 0.15) is 11.5 Å². The van der Waals surface area contributed by atoms with Crippen LogP contribution in [0, 0.1) is 0 Å². The van der Waals surface area contributed by atoms with Gasteiger partial charge in [0.2, 0.25) is 0 Å². The van der Waals surface area contributed by atoms with E-state index >= 15 is 0 Å². The van der Waals surface area contributed by atoms with Crippen molar-refractivity contribution in [1.82, 2.24) is 10.4 Å². The Labute approximate surface area is 156 Å². The number of amides is 1. The second-order valence-corrected chi connectivity index (χ2v) is 6.05. The van der Waals surface area contributed by atoms with Crippen molar-refractivity contribution in [3.05, 3.63) is 90.4 Å². The molecule has 0 radical (unpaired) electrons. The number of nitrogens with one attached hydrogen (secondary N) is 1. The fourth-order valence-electron chi connectivity index (χ4n) is 2.85. The van der Waals surface area contributed by atoms with Crippen LogP contribution < -0.4 is 5.43 Å². The first kappa shape index (κ1) is 16.7. The molecule has 0 saturated carbocycles. The average Bonchev–Trinajstić information content (AvgIpc) is 3.26. The molecule has 2 aromatic heterocycles. The lowest BCUT2D eigenvalue weighted by Crippen LogP contribution is -2.20. The number of carbonyl (C=O) groups is 1. The van der Waals surface area contributed by atoms with Crippen LogP contribution in [0.3, 0.4) is 0 Å². The van der Waals surface area contributed by atoms with E-state index in [9.17, 15) is 4.79 Å². The van der Waals surface area contributed by atoms with E-state index in [1.807, 2.05) is 54.6 Å². The van der Waals surface area contributed by atoms with Crippen LogP contribution in [0.15, 0.2) is 88.6 Å². The number of hydrogen-bond donors (Lipinski definition) is 1. The maximum absolute atomic E-state index is 12.8. The van der Waals surface area contributed by atoms with Gasteiger partial charge >= 0.3 is 0 Å². The molecule has 0 unspecified atom stereocenters. The van der Waals surface area contributed by atoms with Crippen LogP contribution in [0.4, 0.5) is 0 Å². The normalized spacial score (nSPS) is 11.5. The standard InChI is InChI=1S/C22H17N3O2/c1-15(21-12-7-13-27-21)24-25-22(26)18-14-20(16-8-3-2-4-9-16)23-19-11-6-5-10-17(18)19/h2-14H,1H3,(H,25,26). The highest BCUT2D eigenvalue weighted by Crippen LogP contribution is 2.24. The highest BCUT2D eigenvalue weighted by Gasteiger charge is 2.14. The number of fused-ring (bicyclic) bond motifs is 1. The zero-order chi connectivity index (χ0) is 18.6. The smallest absolute Gasteiger partial charge is 0.272 e. The van der Waals surface area contributed by atoms with Crippen molar-refractivity contribution in [1.29, 1.82) is 0 Å². The number of hydrogen-bond acceptors (Lipinski definition) is 4. The van der Waals surface area contributed by atoms with Crippen LogP contribution in [0.5, 0.6) is 0 Å². The van der Waals surface area contributed by atoms with Crippen molar-refractivity contribution in [3.63, 3.8) is 0 Å². The fourth-order valence-corrected chi connectivity index (χ4v) is 2.85. The number of aromatic nitrogens is 1. The summed E-state index contributed by atoms with van der Waals surface area (Å²) >= 11 is 0. The van der Waals surface area contributed by atoms with Crippen LogP contribution >= 0.6 is 0 Å². The Hall–Kier alpha value is -3.73. The van der Waals surface area contributed by atoms with Gasteiger partial charge in [0.15, 0.2) is 0 Å². The number of rotatable bonds is 4. The van der Waals surface area contributed by atoms with Gasteiger partial charge in [-0.05, 0) is 31.2 Å². The molecule has 0 aliphatic carbocycles. The van der Waals surface area contributed by atoms with Crippen LogP contribution in [-0.2, 0) is 0 Å². The Morgan fingerprint density at radius 2 is 1.78 bits per heavy atom. The van der Waals surface area contributed by atoms with Crippen molar-refractivity contribution >= 4 is 22.5 Å². The summed E-state index contributed by atoms with van der Waals surface area (Å²) in [7, 11) is 0. The Kier molecular flexibility index (Phi) is 4.49. The number of carbonyl (C=O) groups excluding carboxylic acids is 1. The summed E-state index contributed by atoms with van der Waals surface area (Å²) in [6, 6.07) is 22.7. The lowest BCUT2D eigenvalue weighted by molar-refractivity contribution is 0.0956. The molecule has 0 atom stereocenters. The third-order valence-electron chi connectivity index (χ3n) is 4.23. The number of benzene rings is 2. The summed E-state index contributed by atoms with van der Waals surface area (Å²) in [5.74, 6) is 0.316. The van der Waals surface area contributed by atoms with E-state index in [0.717, 1.165) is 22.2 Å². The average molecular weight is 355 g/mol. The van der Waals surface area contributed by atoms with Gasteiger partial charge in [-0.2, -0.15) is 5.10 Å². The number of nitrogens with zero attached hydrogens (tertiary/aromatic N) is 2. The molecule has 132 valence electrons. The number of furan rings is 1. The first-order valence-electron chi connectivity index (χ1n) is 8.56. The SMILES string of the molecule is CC(=NNC(=O)c1cc(-c2ccccc2)nc2ccccc12)c1ccco1. The van der Waals surface area contributed by atoms with Gasteiger partial charge in [0, 0.05) is 10.9 Å². The molecular weight excluding hydrogens is 338 g/mol. The van der Waals surface area contributed by atoms with E-state index in [4.69, 9.17) is 9.40 Å². The topological polar surface area (TPSA) is 67.5 Å². The fraction of sp³-hybridized carbons (Fsp3) is 0.0455. The Morgan fingerprint density at radius 1 is 1.00 bits per heavy atom. The maximum Gasteiger partial charge on any atom is 0.272 e. The minimum atomic E-state index is -0.295. The summed E-state index contributed by atoms with van der Waals surface area (Å²) in [6.07, 6.45) is 1.57. The number of hydrazone groups is 1. The van der Waals surface area contributed by atoms with E-state index < -0.39 is 0 Å². The van der Waals surface area contributed by atoms with Gasteiger partial charge in [0.25, 0.3) is 5.91 Å². The second kappa shape index (κ2) is 7.25. The van der Waals surface area contributed by atoms with Gasteiger partial charge in [-0.25, -0.2) is 10.4 Å². The minimum absolute atomic E-state index is 0.295. The molecule has 0 aliphatic rings. The quantitative estimate of drug-likeness (QED) is 0.428. The molecule has 1 N–H and O–H groups in total. The van der Waals surface area contributed by atoms with Crippen molar-refractivity contribution in [3.8, 4) is 11.3 Å². The molecule has 2 aromatic carbocycles. The van der Waals surface area contributed by atoms with Crippen LogP contribution in [0.25, 0.3) is 22.2 Å². The highest BCUT2D eigenvalue weighted by molar-refractivity contribution is 6.07. The maximum atomic E-state index is 12.8. The van der Waals surface area contributed by atoms with Gasteiger partial charge in [-0.1, -0.05) is 48.5 Å². The first-order chi connectivity index (χ1) is 13.2. The minimum Gasteiger partial charge on any atom is -0.463 e. The third kappa shape index (κ3) is 3.48. The molecule has 1 amide bonds. The molecule has 5 nitrogen and oxygen atoms in total. The van der Waals surface area contributed by atoms with E-state index in [1.54, 1.807) is 31.4 Å².